The van der Waals surface area contributed by atoms with Crippen LogP contribution in [-0.2, 0) is 6.42 Å². The van der Waals surface area contributed by atoms with Crippen molar-refractivity contribution in [2.24, 2.45) is 0 Å². The highest BCUT2D eigenvalue weighted by atomic mass is 15.2. The van der Waals surface area contributed by atoms with Gasteiger partial charge in [-0.3, -0.25) is 0 Å². The van der Waals surface area contributed by atoms with Crippen molar-refractivity contribution in [3.05, 3.63) is 35.4 Å². The molecule has 1 heterocycles. The molecule has 0 amide bonds. The molecule has 1 atom stereocenters. The summed E-state index contributed by atoms with van der Waals surface area (Å²) in [6.45, 7) is 6.11. The first-order valence-electron chi connectivity index (χ1n) is 7.44. The highest BCUT2D eigenvalue weighted by Crippen LogP contribution is 2.32. The zero-order valence-electron chi connectivity index (χ0n) is 11.2. The highest BCUT2D eigenvalue weighted by Gasteiger charge is 2.22. The van der Waals surface area contributed by atoms with Gasteiger partial charge in [-0.2, -0.15) is 0 Å². The second-order valence-corrected chi connectivity index (χ2v) is 5.69. The molecular weight excluding hydrogens is 220 g/mol. The third kappa shape index (κ3) is 2.76. The Bertz CT molecular complexity index is 380. The Morgan fingerprint density at radius 1 is 1.11 bits per heavy atom. The minimum absolute atomic E-state index is 0.771. The van der Waals surface area contributed by atoms with Crippen molar-refractivity contribution in [1.29, 1.82) is 0 Å². The van der Waals surface area contributed by atoms with E-state index in [1.54, 1.807) is 11.1 Å². The van der Waals surface area contributed by atoms with Crippen LogP contribution in [0, 0.1) is 0 Å². The number of hydrogen-bond acceptors (Lipinski definition) is 2. The van der Waals surface area contributed by atoms with Gasteiger partial charge in [0.25, 0.3) is 0 Å². The standard InChI is InChI=1S/C16H24N2/c1-2-8-16-14(5-1)6-3-7-15(16)13-18-11-4-9-17-10-12-18/h1-2,5,8,15,17H,3-4,6-7,9-13H2. The van der Waals surface area contributed by atoms with E-state index in [2.05, 4.69) is 34.5 Å². The summed E-state index contributed by atoms with van der Waals surface area (Å²) >= 11 is 0. The smallest absolute Gasteiger partial charge is 0.0107 e. The molecule has 2 aliphatic rings. The van der Waals surface area contributed by atoms with Crippen LogP contribution in [0.1, 0.15) is 36.3 Å². The van der Waals surface area contributed by atoms with E-state index >= 15 is 0 Å². The summed E-state index contributed by atoms with van der Waals surface area (Å²) in [7, 11) is 0. The second kappa shape index (κ2) is 5.85. The minimum Gasteiger partial charge on any atom is -0.315 e. The van der Waals surface area contributed by atoms with Gasteiger partial charge < -0.3 is 10.2 Å². The third-order valence-corrected chi connectivity index (χ3v) is 4.40. The van der Waals surface area contributed by atoms with E-state index < -0.39 is 0 Å². The Morgan fingerprint density at radius 3 is 3.06 bits per heavy atom. The van der Waals surface area contributed by atoms with Crippen molar-refractivity contribution in [3.63, 3.8) is 0 Å². The molecule has 0 radical (unpaired) electrons. The van der Waals surface area contributed by atoms with E-state index in [0.29, 0.717) is 0 Å². The van der Waals surface area contributed by atoms with Crippen LogP contribution in [0.15, 0.2) is 24.3 Å². The lowest BCUT2D eigenvalue weighted by molar-refractivity contribution is 0.263. The first kappa shape index (κ1) is 12.2. The molecule has 1 aliphatic carbocycles. The van der Waals surface area contributed by atoms with Gasteiger partial charge in [0.15, 0.2) is 0 Å². The molecule has 18 heavy (non-hydrogen) atoms. The quantitative estimate of drug-likeness (QED) is 0.859. The molecule has 1 fully saturated rings. The Morgan fingerprint density at radius 2 is 2.06 bits per heavy atom. The number of aryl methyl sites for hydroxylation is 1. The van der Waals surface area contributed by atoms with Crippen molar-refractivity contribution in [3.8, 4) is 0 Å². The van der Waals surface area contributed by atoms with Gasteiger partial charge >= 0.3 is 0 Å². The lowest BCUT2D eigenvalue weighted by Gasteiger charge is -2.30. The van der Waals surface area contributed by atoms with Crippen molar-refractivity contribution in [2.45, 2.75) is 31.6 Å². The van der Waals surface area contributed by atoms with Gasteiger partial charge in [-0.15, -0.1) is 0 Å². The Labute approximate surface area is 110 Å². The average Bonchev–Trinajstić information content (AvgIpc) is 2.68. The topological polar surface area (TPSA) is 15.3 Å². The second-order valence-electron chi connectivity index (χ2n) is 5.69. The predicted molar refractivity (Wildman–Crippen MR) is 76.0 cm³/mol. The first-order chi connectivity index (χ1) is 8.93. The first-order valence-corrected chi connectivity index (χ1v) is 7.44. The van der Waals surface area contributed by atoms with Crippen LogP contribution in [0.2, 0.25) is 0 Å². The fourth-order valence-electron chi connectivity index (χ4n) is 3.44. The van der Waals surface area contributed by atoms with Gasteiger partial charge in [0.1, 0.15) is 0 Å². The Kier molecular flexibility index (Phi) is 3.96. The van der Waals surface area contributed by atoms with Crippen LogP contribution in [-0.4, -0.2) is 37.6 Å². The van der Waals surface area contributed by atoms with Crippen LogP contribution in [0.3, 0.4) is 0 Å². The number of rotatable bonds is 2. The van der Waals surface area contributed by atoms with E-state index in [0.717, 1.165) is 12.5 Å². The van der Waals surface area contributed by atoms with Crippen molar-refractivity contribution < 1.29 is 0 Å². The van der Waals surface area contributed by atoms with Crippen LogP contribution >= 0.6 is 0 Å². The summed E-state index contributed by atoms with van der Waals surface area (Å²) in [5.41, 5.74) is 3.22. The van der Waals surface area contributed by atoms with E-state index in [-0.39, 0.29) is 0 Å². The van der Waals surface area contributed by atoms with Crippen LogP contribution in [0.4, 0.5) is 0 Å². The average molecular weight is 244 g/mol. The highest BCUT2D eigenvalue weighted by molar-refractivity contribution is 5.32. The maximum Gasteiger partial charge on any atom is 0.0107 e. The number of nitrogens with one attached hydrogen (secondary N) is 1. The largest absolute Gasteiger partial charge is 0.315 e. The number of fused-ring (bicyclic) bond motifs is 1. The Hall–Kier alpha value is -0.860. The maximum absolute atomic E-state index is 3.49. The molecule has 0 bridgehead atoms. The molecule has 1 unspecified atom stereocenters. The molecule has 1 aromatic rings. The molecule has 1 saturated heterocycles. The van der Waals surface area contributed by atoms with Gasteiger partial charge in [-0.25, -0.2) is 0 Å². The fraction of sp³-hybridized carbons (Fsp3) is 0.625. The summed E-state index contributed by atoms with van der Waals surface area (Å²) in [6, 6.07) is 9.08. The number of hydrogen-bond donors (Lipinski definition) is 1. The molecule has 0 aromatic heterocycles. The zero-order chi connectivity index (χ0) is 12.2. The van der Waals surface area contributed by atoms with Crippen LogP contribution < -0.4 is 5.32 Å². The molecule has 2 heteroatoms. The van der Waals surface area contributed by atoms with E-state index in [9.17, 15) is 0 Å². The third-order valence-electron chi connectivity index (χ3n) is 4.40. The van der Waals surface area contributed by atoms with Crippen molar-refractivity contribution >= 4 is 0 Å². The molecule has 1 aromatic carbocycles. The van der Waals surface area contributed by atoms with E-state index in [4.69, 9.17) is 0 Å². The molecule has 1 aliphatic heterocycles. The van der Waals surface area contributed by atoms with Crippen LogP contribution in [0.25, 0.3) is 0 Å². The molecule has 0 spiro atoms. The lowest BCUT2D eigenvalue weighted by Crippen LogP contribution is -2.33. The molecular formula is C16H24N2. The normalized spacial score (nSPS) is 25.4. The Balaban J connectivity index is 1.69. The number of benzene rings is 1. The van der Waals surface area contributed by atoms with Gasteiger partial charge in [-0.1, -0.05) is 24.3 Å². The van der Waals surface area contributed by atoms with Gasteiger partial charge in [-0.05, 0) is 55.8 Å². The lowest BCUT2D eigenvalue weighted by atomic mass is 9.82. The predicted octanol–water partition coefficient (Wildman–Crippen LogP) is 2.40. The summed E-state index contributed by atoms with van der Waals surface area (Å²) in [6.07, 6.45) is 5.33. The molecule has 2 nitrogen and oxygen atoms in total. The van der Waals surface area contributed by atoms with Gasteiger partial charge in [0, 0.05) is 19.6 Å². The van der Waals surface area contributed by atoms with E-state index in [1.165, 1.54) is 51.9 Å². The zero-order valence-corrected chi connectivity index (χ0v) is 11.2. The molecule has 98 valence electrons. The summed E-state index contributed by atoms with van der Waals surface area (Å²) in [4.78, 5) is 2.66. The summed E-state index contributed by atoms with van der Waals surface area (Å²) in [5.74, 6) is 0.771. The fourth-order valence-corrected chi connectivity index (χ4v) is 3.44. The maximum atomic E-state index is 3.49. The number of nitrogens with zero attached hydrogens (tertiary/aromatic N) is 1. The van der Waals surface area contributed by atoms with Crippen LogP contribution in [0.5, 0.6) is 0 Å². The minimum atomic E-state index is 0.771. The van der Waals surface area contributed by atoms with E-state index in [1.807, 2.05) is 0 Å². The molecule has 0 saturated carbocycles. The van der Waals surface area contributed by atoms with Crippen molar-refractivity contribution in [1.82, 2.24) is 10.2 Å². The summed E-state index contributed by atoms with van der Waals surface area (Å²) < 4.78 is 0. The molecule has 3 rings (SSSR count). The van der Waals surface area contributed by atoms with Gasteiger partial charge in [0.2, 0.25) is 0 Å². The summed E-state index contributed by atoms with van der Waals surface area (Å²) in [5, 5.41) is 3.49. The monoisotopic (exact) mass is 244 g/mol. The van der Waals surface area contributed by atoms with Crippen molar-refractivity contribution in [2.75, 3.05) is 32.7 Å². The molecule has 1 N–H and O–H groups in total. The van der Waals surface area contributed by atoms with Gasteiger partial charge in [0.05, 0.1) is 0 Å². The SMILES string of the molecule is c1ccc2c(c1)CCCC2CN1CCCNCC1.